The maximum absolute atomic E-state index is 11.8. The highest BCUT2D eigenvalue weighted by molar-refractivity contribution is 6.31. The number of anilines is 1. The Morgan fingerprint density at radius 3 is 2.70 bits per heavy atom. The van der Waals surface area contributed by atoms with Crippen molar-refractivity contribution in [3.05, 3.63) is 41.3 Å². The molecule has 0 fully saturated rings. The summed E-state index contributed by atoms with van der Waals surface area (Å²) < 4.78 is 3.62. The number of nitrogens with two attached hydrogens (primary N) is 1. The van der Waals surface area contributed by atoms with Crippen molar-refractivity contribution in [1.82, 2.24) is 24.1 Å². The highest BCUT2D eigenvalue weighted by atomic mass is 35.5. The Labute approximate surface area is 160 Å². The van der Waals surface area contributed by atoms with E-state index in [9.17, 15) is 4.79 Å². The molecule has 4 heterocycles. The minimum absolute atomic E-state index is 0.207. The van der Waals surface area contributed by atoms with Crippen molar-refractivity contribution in [3.63, 3.8) is 0 Å². The fourth-order valence-electron chi connectivity index (χ4n) is 3.16. The van der Waals surface area contributed by atoms with Crippen molar-refractivity contribution >= 4 is 40.0 Å². The van der Waals surface area contributed by atoms with Gasteiger partial charge in [-0.15, -0.1) is 0 Å². The molecule has 4 aromatic rings. The standard InChI is InChI=1S/C18H18ClN7O/c1-9(2)25-8-13(11-4-10(19)6-22-17(11)25)14-5-15(21-3)26-18(24-14)12(7-23-26)16(20)27/h4-9,21H,1-3H3,(H2,20,27). The number of fused-ring (bicyclic) bond motifs is 2. The maximum atomic E-state index is 11.8. The number of hydrogen-bond donors (Lipinski definition) is 2. The van der Waals surface area contributed by atoms with Crippen molar-refractivity contribution in [2.75, 3.05) is 12.4 Å². The van der Waals surface area contributed by atoms with E-state index in [-0.39, 0.29) is 11.6 Å². The SMILES string of the molecule is CNc1cc(-c2cn(C(C)C)c3ncc(Cl)cc23)nc2c(C(N)=O)cnn12. The zero-order chi connectivity index (χ0) is 19.3. The van der Waals surface area contributed by atoms with Crippen LogP contribution in [0, 0.1) is 0 Å². The van der Waals surface area contributed by atoms with Crippen LogP contribution in [-0.4, -0.2) is 37.1 Å². The maximum Gasteiger partial charge on any atom is 0.254 e. The molecule has 0 radical (unpaired) electrons. The van der Waals surface area contributed by atoms with E-state index < -0.39 is 5.91 Å². The third kappa shape index (κ3) is 2.69. The van der Waals surface area contributed by atoms with Crippen LogP contribution >= 0.6 is 11.6 Å². The number of nitrogens with zero attached hydrogens (tertiary/aromatic N) is 5. The van der Waals surface area contributed by atoms with Gasteiger partial charge in [0.1, 0.15) is 17.0 Å². The summed E-state index contributed by atoms with van der Waals surface area (Å²) in [7, 11) is 1.78. The minimum Gasteiger partial charge on any atom is -0.373 e. The highest BCUT2D eigenvalue weighted by Crippen LogP contribution is 2.33. The van der Waals surface area contributed by atoms with Gasteiger partial charge in [-0.1, -0.05) is 11.6 Å². The van der Waals surface area contributed by atoms with E-state index in [1.807, 2.05) is 18.3 Å². The summed E-state index contributed by atoms with van der Waals surface area (Å²) in [6, 6.07) is 3.94. The molecule has 0 aliphatic rings. The van der Waals surface area contributed by atoms with Crippen molar-refractivity contribution in [3.8, 4) is 11.3 Å². The zero-order valence-electron chi connectivity index (χ0n) is 15.1. The van der Waals surface area contributed by atoms with Crippen LogP contribution in [0.1, 0.15) is 30.2 Å². The van der Waals surface area contributed by atoms with Crippen molar-refractivity contribution in [1.29, 1.82) is 0 Å². The van der Waals surface area contributed by atoms with Crippen molar-refractivity contribution in [2.45, 2.75) is 19.9 Å². The molecule has 0 aliphatic heterocycles. The second-order valence-electron chi connectivity index (χ2n) is 6.50. The molecule has 9 heteroatoms. The molecule has 0 saturated heterocycles. The van der Waals surface area contributed by atoms with Crippen LogP contribution in [0.15, 0.2) is 30.7 Å². The van der Waals surface area contributed by atoms with Gasteiger partial charge in [-0.3, -0.25) is 4.79 Å². The molecular formula is C18H18ClN7O. The molecule has 0 bridgehead atoms. The Morgan fingerprint density at radius 1 is 1.26 bits per heavy atom. The Morgan fingerprint density at radius 2 is 2.04 bits per heavy atom. The molecule has 0 spiro atoms. The van der Waals surface area contributed by atoms with Crippen LogP contribution in [0.4, 0.5) is 5.82 Å². The van der Waals surface area contributed by atoms with Gasteiger partial charge in [0.15, 0.2) is 5.65 Å². The predicted molar refractivity (Wildman–Crippen MR) is 105 cm³/mol. The number of nitrogens with one attached hydrogen (secondary N) is 1. The first kappa shape index (κ1) is 17.3. The van der Waals surface area contributed by atoms with Crippen LogP contribution in [-0.2, 0) is 0 Å². The number of carbonyl (C=O) groups is 1. The smallest absolute Gasteiger partial charge is 0.254 e. The fourth-order valence-corrected chi connectivity index (χ4v) is 3.31. The topological polar surface area (TPSA) is 103 Å². The van der Waals surface area contributed by atoms with E-state index in [4.69, 9.17) is 17.3 Å². The van der Waals surface area contributed by atoms with Gasteiger partial charge in [-0.25, -0.2) is 9.97 Å². The Kier molecular flexibility index (Phi) is 4.00. The number of carbonyl (C=O) groups excluding carboxylic acids is 1. The Hall–Kier alpha value is -3.13. The van der Waals surface area contributed by atoms with Gasteiger partial charge in [0.2, 0.25) is 0 Å². The molecule has 0 aromatic carbocycles. The number of primary amides is 1. The third-order valence-electron chi connectivity index (χ3n) is 4.46. The molecule has 0 atom stereocenters. The van der Waals surface area contributed by atoms with E-state index >= 15 is 0 Å². The van der Waals surface area contributed by atoms with Gasteiger partial charge in [-0.2, -0.15) is 9.61 Å². The lowest BCUT2D eigenvalue weighted by Gasteiger charge is -2.08. The summed E-state index contributed by atoms with van der Waals surface area (Å²) in [5.74, 6) is 0.106. The zero-order valence-corrected chi connectivity index (χ0v) is 15.8. The number of rotatable bonds is 4. The normalized spacial score (nSPS) is 11.6. The van der Waals surface area contributed by atoms with Gasteiger partial charge >= 0.3 is 0 Å². The number of amides is 1. The monoisotopic (exact) mass is 383 g/mol. The van der Waals surface area contributed by atoms with E-state index in [1.54, 1.807) is 17.8 Å². The molecule has 138 valence electrons. The molecular weight excluding hydrogens is 366 g/mol. The second kappa shape index (κ2) is 6.24. The first-order chi connectivity index (χ1) is 12.9. The summed E-state index contributed by atoms with van der Waals surface area (Å²) in [4.78, 5) is 20.9. The fraction of sp³-hybridized carbons (Fsp3) is 0.222. The van der Waals surface area contributed by atoms with Crippen molar-refractivity contribution in [2.24, 2.45) is 5.73 Å². The van der Waals surface area contributed by atoms with E-state index in [1.165, 1.54) is 6.20 Å². The Bertz CT molecular complexity index is 1190. The highest BCUT2D eigenvalue weighted by Gasteiger charge is 2.19. The molecule has 0 aliphatic carbocycles. The number of halogens is 1. The largest absolute Gasteiger partial charge is 0.373 e. The third-order valence-corrected chi connectivity index (χ3v) is 4.67. The van der Waals surface area contributed by atoms with E-state index in [0.29, 0.717) is 22.2 Å². The first-order valence-electron chi connectivity index (χ1n) is 8.43. The lowest BCUT2D eigenvalue weighted by Crippen LogP contribution is -2.11. The summed E-state index contributed by atoms with van der Waals surface area (Å²) in [6.45, 7) is 4.16. The minimum atomic E-state index is -0.578. The summed E-state index contributed by atoms with van der Waals surface area (Å²) >= 11 is 6.19. The average Bonchev–Trinajstić information content (AvgIpc) is 3.21. The summed E-state index contributed by atoms with van der Waals surface area (Å²) in [5, 5.41) is 8.72. The van der Waals surface area contributed by atoms with Gasteiger partial charge in [0.05, 0.1) is 16.9 Å². The average molecular weight is 384 g/mol. The van der Waals surface area contributed by atoms with Crippen LogP contribution in [0.25, 0.3) is 27.9 Å². The lowest BCUT2D eigenvalue weighted by atomic mass is 10.1. The van der Waals surface area contributed by atoms with Crippen LogP contribution < -0.4 is 11.1 Å². The van der Waals surface area contributed by atoms with Crippen LogP contribution in [0.2, 0.25) is 5.02 Å². The Balaban J connectivity index is 2.06. The predicted octanol–water partition coefficient (Wildman–Crippen LogP) is 3.12. The molecule has 27 heavy (non-hydrogen) atoms. The second-order valence-corrected chi connectivity index (χ2v) is 6.94. The van der Waals surface area contributed by atoms with Crippen LogP contribution in [0.5, 0.6) is 0 Å². The van der Waals surface area contributed by atoms with Crippen LogP contribution in [0.3, 0.4) is 0 Å². The first-order valence-corrected chi connectivity index (χ1v) is 8.81. The van der Waals surface area contributed by atoms with Gasteiger partial charge in [0, 0.05) is 42.5 Å². The lowest BCUT2D eigenvalue weighted by molar-refractivity contribution is 0.100. The van der Waals surface area contributed by atoms with Gasteiger partial charge in [-0.05, 0) is 19.9 Å². The van der Waals surface area contributed by atoms with E-state index in [0.717, 1.165) is 16.6 Å². The summed E-state index contributed by atoms with van der Waals surface area (Å²) in [5.41, 5.74) is 8.48. The van der Waals surface area contributed by atoms with Gasteiger partial charge < -0.3 is 15.6 Å². The molecule has 3 N–H and O–H groups in total. The molecule has 4 rings (SSSR count). The summed E-state index contributed by atoms with van der Waals surface area (Å²) in [6.07, 6.45) is 5.05. The number of aromatic nitrogens is 5. The molecule has 4 aromatic heterocycles. The molecule has 8 nitrogen and oxygen atoms in total. The molecule has 1 amide bonds. The molecule has 0 unspecified atom stereocenters. The quantitative estimate of drug-likeness (QED) is 0.563. The number of hydrogen-bond acceptors (Lipinski definition) is 5. The molecule has 0 saturated carbocycles. The van der Waals surface area contributed by atoms with Crippen molar-refractivity contribution < 1.29 is 4.79 Å². The number of pyridine rings is 1. The van der Waals surface area contributed by atoms with Gasteiger partial charge in [0.25, 0.3) is 5.91 Å². The van der Waals surface area contributed by atoms with E-state index in [2.05, 4.69) is 38.8 Å².